The van der Waals surface area contributed by atoms with Gasteiger partial charge in [0, 0.05) is 19.2 Å². The Kier molecular flexibility index (Phi) is 6.85. The normalized spacial score (nSPS) is 15.0. The predicted molar refractivity (Wildman–Crippen MR) is 124 cm³/mol. The zero-order valence-corrected chi connectivity index (χ0v) is 19.0. The summed E-state index contributed by atoms with van der Waals surface area (Å²) < 4.78 is 6.94. The maximum Gasteiger partial charge on any atom is 0.274 e. The standard InChI is InChI=1S/C25H31N5O2/c1-18-11-13-29(14-12-18)17-21-8-5-4-7-20(21)16-26-25(31)24-19(2)30(28-27-24)22-9-6-10-23(15-22)32-3/h4-10,15,18H,11-14,16-17H2,1-3H3,(H,26,31). The number of hydrogen-bond donors (Lipinski definition) is 1. The topological polar surface area (TPSA) is 72.3 Å². The Labute approximate surface area is 189 Å². The van der Waals surface area contributed by atoms with Gasteiger partial charge in [0.15, 0.2) is 5.69 Å². The third-order valence-corrected chi connectivity index (χ3v) is 6.24. The molecule has 7 heteroatoms. The van der Waals surface area contributed by atoms with Gasteiger partial charge in [-0.05, 0) is 62.0 Å². The molecule has 2 aromatic carbocycles. The zero-order valence-electron chi connectivity index (χ0n) is 19.0. The highest BCUT2D eigenvalue weighted by Crippen LogP contribution is 2.20. The number of carbonyl (C=O) groups excluding carboxylic acids is 1. The number of piperidine rings is 1. The van der Waals surface area contributed by atoms with Gasteiger partial charge in [-0.3, -0.25) is 9.69 Å². The summed E-state index contributed by atoms with van der Waals surface area (Å²) in [4.78, 5) is 15.4. The van der Waals surface area contributed by atoms with Crippen LogP contribution < -0.4 is 10.1 Å². The molecule has 1 aliphatic rings. The van der Waals surface area contributed by atoms with Crippen LogP contribution in [0.5, 0.6) is 5.75 Å². The molecule has 1 saturated heterocycles. The third-order valence-electron chi connectivity index (χ3n) is 6.24. The van der Waals surface area contributed by atoms with Gasteiger partial charge in [-0.1, -0.05) is 42.5 Å². The molecule has 0 unspecified atom stereocenters. The number of aromatic nitrogens is 3. The van der Waals surface area contributed by atoms with Crippen molar-refractivity contribution in [2.75, 3.05) is 20.2 Å². The van der Waals surface area contributed by atoms with Gasteiger partial charge in [0.05, 0.1) is 18.5 Å². The number of nitrogens with zero attached hydrogens (tertiary/aromatic N) is 4. The molecule has 2 heterocycles. The third kappa shape index (κ3) is 4.99. The molecule has 0 aliphatic carbocycles. The van der Waals surface area contributed by atoms with Gasteiger partial charge < -0.3 is 10.1 Å². The molecule has 168 valence electrons. The molecule has 1 amide bonds. The first kappa shape index (κ1) is 22.0. The van der Waals surface area contributed by atoms with E-state index in [4.69, 9.17) is 4.74 Å². The maximum atomic E-state index is 12.9. The Balaban J connectivity index is 1.43. The molecule has 3 aromatic rings. The first-order valence-corrected chi connectivity index (χ1v) is 11.2. The largest absolute Gasteiger partial charge is 0.497 e. The quantitative estimate of drug-likeness (QED) is 0.614. The summed E-state index contributed by atoms with van der Waals surface area (Å²) in [5.74, 6) is 1.32. The van der Waals surface area contributed by atoms with Gasteiger partial charge in [-0.2, -0.15) is 0 Å². The zero-order chi connectivity index (χ0) is 22.5. The molecule has 7 nitrogen and oxygen atoms in total. The highest BCUT2D eigenvalue weighted by Gasteiger charge is 2.19. The number of amides is 1. The van der Waals surface area contributed by atoms with Crippen LogP contribution in [0.3, 0.4) is 0 Å². The molecule has 1 fully saturated rings. The Morgan fingerprint density at radius 2 is 1.88 bits per heavy atom. The minimum Gasteiger partial charge on any atom is -0.497 e. The number of rotatable bonds is 7. The van der Waals surface area contributed by atoms with Gasteiger partial charge >= 0.3 is 0 Å². The number of likely N-dealkylation sites (tertiary alicyclic amines) is 1. The smallest absolute Gasteiger partial charge is 0.274 e. The van der Waals surface area contributed by atoms with Crippen molar-refractivity contribution in [2.45, 2.75) is 39.8 Å². The van der Waals surface area contributed by atoms with Crippen molar-refractivity contribution in [3.05, 3.63) is 71.0 Å². The maximum absolute atomic E-state index is 12.9. The summed E-state index contributed by atoms with van der Waals surface area (Å²) >= 11 is 0. The molecule has 1 N–H and O–H groups in total. The van der Waals surface area contributed by atoms with Crippen LogP contribution in [0, 0.1) is 12.8 Å². The Bertz CT molecular complexity index is 1070. The van der Waals surface area contributed by atoms with Gasteiger partial charge in [0.25, 0.3) is 5.91 Å². The molecule has 0 bridgehead atoms. The molecule has 0 atom stereocenters. The number of hydrogen-bond acceptors (Lipinski definition) is 5. The van der Waals surface area contributed by atoms with Gasteiger partial charge in [-0.15, -0.1) is 5.10 Å². The number of carbonyl (C=O) groups is 1. The van der Waals surface area contributed by atoms with Crippen LogP contribution in [0.2, 0.25) is 0 Å². The van der Waals surface area contributed by atoms with Gasteiger partial charge in [-0.25, -0.2) is 4.68 Å². The van der Waals surface area contributed by atoms with E-state index < -0.39 is 0 Å². The number of ether oxygens (including phenoxy) is 1. The number of methoxy groups -OCH3 is 1. The number of benzene rings is 2. The summed E-state index contributed by atoms with van der Waals surface area (Å²) in [7, 11) is 1.62. The lowest BCUT2D eigenvalue weighted by atomic mass is 9.98. The highest BCUT2D eigenvalue weighted by molar-refractivity contribution is 5.93. The van der Waals surface area contributed by atoms with Crippen LogP contribution in [0.25, 0.3) is 5.69 Å². The Hall–Kier alpha value is -3.19. The monoisotopic (exact) mass is 433 g/mol. The van der Waals surface area contributed by atoms with E-state index in [-0.39, 0.29) is 5.91 Å². The van der Waals surface area contributed by atoms with Crippen LogP contribution in [0.4, 0.5) is 0 Å². The van der Waals surface area contributed by atoms with E-state index in [1.165, 1.54) is 18.4 Å². The summed E-state index contributed by atoms with van der Waals surface area (Å²) in [5.41, 5.74) is 4.22. The van der Waals surface area contributed by atoms with Crippen LogP contribution in [0.1, 0.15) is 47.1 Å². The van der Waals surface area contributed by atoms with Crippen molar-refractivity contribution < 1.29 is 9.53 Å². The lowest BCUT2D eigenvalue weighted by Gasteiger charge is -2.30. The SMILES string of the molecule is COc1cccc(-n2nnc(C(=O)NCc3ccccc3CN3CCC(C)CC3)c2C)c1. The second-order valence-electron chi connectivity index (χ2n) is 8.55. The fraction of sp³-hybridized carbons (Fsp3) is 0.400. The van der Waals surface area contributed by atoms with Gasteiger partial charge in [0.1, 0.15) is 5.75 Å². The molecule has 32 heavy (non-hydrogen) atoms. The van der Waals surface area contributed by atoms with Crippen LogP contribution in [0.15, 0.2) is 48.5 Å². The van der Waals surface area contributed by atoms with Crippen LogP contribution >= 0.6 is 0 Å². The minimum atomic E-state index is -0.224. The van der Waals surface area contributed by atoms with Crippen molar-refractivity contribution in [1.29, 1.82) is 0 Å². The van der Waals surface area contributed by atoms with Crippen molar-refractivity contribution in [2.24, 2.45) is 5.92 Å². The lowest BCUT2D eigenvalue weighted by Crippen LogP contribution is -2.33. The van der Waals surface area contributed by atoms with Gasteiger partial charge in [0.2, 0.25) is 0 Å². The second-order valence-corrected chi connectivity index (χ2v) is 8.55. The van der Waals surface area contributed by atoms with Crippen molar-refractivity contribution in [1.82, 2.24) is 25.2 Å². The molecular formula is C25H31N5O2. The molecule has 1 aliphatic heterocycles. The highest BCUT2D eigenvalue weighted by atomic mass is 16.5. The molecule has 4 rings (SSSR count). The van der Waals surface area contributed by atoms with E-state index in [1.54, 1.807) is 11.8 Å². The number of nitrogens with one attached hydrogen (secondary N) is 1. The summed E-state index contributed by atoms with van der Waals surface area (Å²) in [6, 6.07) is 15.8. The summed E-state index contributed by atoms with van der Waals surface area (Å²) in [5, 5.41) is 11.3. The first-order valence-electron chi connectivity index (χ1n) is 11.2. The van der Waals surface area contributed by atoms with Crippen molar-refractivity contribution in [3.63, 3.8) is 0 Å². The van der Waals surface area contributed by atoms with E-state index in [1.807, 2.05) is 37.3 Å². The second kappa shape index (κ2) is 9.96. The fourth-order valence-electron chi connectivity index (χ4n) is 4.13. The van der Waals surface area contributed by atoms with E-state index in [2.05, 4.69) is 45.7 Å². The van der Waals surface area contributed by atoms with Crippen LogP contribution in [-0.2, 0) is 13.1 Å². The van der Waals surface area contributed by atoms with Crippen LogP contribution in [-0.4, -0.2) is 46.0 Å². The molecule has 0 spiro atoms. The molecular weight excluding hydrogens is 402 g/mol. The molecule has 1 aromatic heterocycles. The lowest BCUT2D eigenvalue weighted by molar-refractivity contribution is 0.0945. The molecule has 0 saturated carbocycles. The van der Waals surface area contributed by atoms with E-state index >= 15 is 0 Å². The Morgan fingerprint density at radius 1 is 1.12 bits per heavy atom. The average Bonchev–Trinajstić information content (AvgIpc) is 3.21. The van der Waals surface area contributed by atoms with Crippen molar-refractivity contribution >= 4 is 5.91 Å². The summed E-state index contributed by atoms with van der Waals surface area (Å²) in [6.45, 7) is 7.82. The van der Waals surface area contributed by atoms with Crippen molar-refractivity contribution in [3.8, 4) is 11.4 Å². The van der Waals surface area contributed by atoms with E-state index in [9.17, 15) is 4.79 Å². The Morgan fingerprint density at radius 3 is 2.62 bits per heavy atom. The van der Waals surface area contributed by atoms with E-state index in [0.29, 0.717) is 17.9 Å². The first-order chi connectivity index (χ1) is 15.5. The minimum absolute atomic E-state index is 0.224. The fourth-order valence-corrected chi connectivity index (χ4v) is 4.13. The van der Waals surface area contributed by atoms with E-state index in [0.717, 1.165) is 42.6 Å². The average molecular weight is 434 g/mol. The summed E-state index contributed by atoms with van der Waals surface area (Å²) in [6.07, 6.45) is 2.50. The predicted octanol–water partition coefficient (Wildman–Crippen LogP) is 3.75. The molecule has 0 radical (unpaired) electrons.